The third-order valence-corrected chi connectivity index (χ3v) is 9.18. The molecule has 0 amide bonds. The van der Waals surface area contributed by atoms with Crippen molar-refractivity contribution in [3.63, 3.8) is 0 Å². The van der Waals surface area contributed by atoms with Crippen molar-refractivity contribution in [1.82, 2.24) is 30.0 Å². The third kappa shape index (κ3) is 9.00. The second-order valence-electron chi connectivity index (χ2n) is 13.0. The van der Waals surface area contributed by atoms with Crippen molar-refractivity contribution in [3.05, 3.63) is 42.2 Å². The van der Waals surface area contributed by atoms with E-state index >= 15 is 0 Å². The van der Waals surface area contributed by atoms with E-state index < -0.39 is 11.9 Å². The minimum absolute atomic E-state index is 0.0848. The molecule has 47 heavy (non-hydrogen) atoms. The van der Waals surface area contributed by atoms with Crippen LogP contribution in [0.4, 0.5) is 5.82 Å². The number of piperidine rings is 1. The number of fused-ring (bicyclic) bond motifs is 1. The summed E-state index contributed by atoms with van der Waals surface area (Å²) in [7, 11) is 0. The van der Waals surface area contributed by atoms with Crippen molar-refractivity contribution in [1.29, 1.82) is 0 Å². The number of nitrogens with two attached hydrogens (primary N) is 1. The van der Waals surface area contributed by atoms with Gasteiger partial charge in [0.2, 0.25) is 0 Å². The maximum atomic E-state index is 11.5. The molecule has 1 aliphatic heterocycles. The number of carbonyl (C=O) groups is 1. The first-order chi connectivity index (χ1) is 22.8. The Bertz CT molecular complexity index is 1580. The highest BCUT2D eigenvalue weighted by Crippen LogP contribution is 2.33. The summed E-state index contributed by atoms with van der Waals surface area (Å²) in [5, 5.41) is 36.8. The molecule has 1 unspecified atom stereocenters. The molecule has 0 radical (unpaired) electrons. The molecule has 12 heteroatoms. The van der Waals surface area contributed by atoms with Crippen LogP contribution in [0.2, 0.25) is 0 Å². The van der Waals surface area contributed by atoms with Gasteiger partial charge < -0.3 is 30.1 Å². The molecule has 3 aromatic heterocycles. The molecule has 1 aliphatic rings. The number of phenols is 1. The van der Waals surface area contributed by atoms with Crippen LogP contribution in [-0.4, -0.2) is 72.5 Å². The molecular weight excluding hydrogens is 598 g/mol. The van der Waals surface area contributed by atoms with E-state index in [1.165, 1.54) is 44.9 Å². The number of aromatic hydroxyl groups is 1. The van der Waals surface area contributed by atoms with Crippen molar-refractivity contribution in [3.8, 4) is 22.9 Å². The van der Waals surface area contributed by atoms with E-state index in [0.29, 0.717) is 40.8 Å². The third-order valence-electron chi connectivity index (χ3n) is 9.18. The van der Waals surface area contributed by atoms with Gasteiger partial charge in [-0.25, -0.2) is 0 Å². The molecule has 12 nitrogen and oxygen atoms in total. The van der Waals surface area contributed by atoms with Gasteiger partial charge in [0.1, 0.15) is 11.7 Å². The number of rotatable bonds is 18. The number of benzene rings is 1. The number of carboxylic acids is 1. The normalized spacial score (nSPS) is 15.0. The molecule has 1 aromatic carbocycles. The van der Waals surface area contributed by atoms with Crippen LogP contribution in [0.15, 0.2) is 40.9 Å². The van der Waals surface area contributed by atoms with E-state index in [0.717, 1.165) is 50.8 Å². The summed E-state index contributed by atoms with van der Waals surface area (Å²) in [5.41, 5.74) is 8.93. The Labute approximate surface area is 276 Å². The number of ether oxygens (including phenoxy) is 1. The fourth-order valence-corrected chi connectivity index (χ4v) is 6.52. The van der Waals surface area contributed by atoms with Gasteiger partial charge in [0.05, 0.1) is 23.9 Å². The molecule has 1 fully saturated rings. The number of nitrogens with zero attached hydrogens (tertiary/aromatic N) is 6. The molecule has 4 aromatic rings. The van der Waals surface area contributed by atoms with E-state index in [1.54, 1.807) is 18.2 Å². The topological polar surface area (TPSA) is 166 Å². The van der Waals surface area contributed by atoms with Crippen LogP contribution in [0.1, 0.15) is 102 Å². The Morgan fingerprint density at radius 3 is 2.36 bits per heavy atom. The van der Waals surface area contributed by atoms with E-state index in [4.69, 9.17) is 15.0 Å². The van der Waals surface area contributed by atoms with E-state index in [9.17, 15) is 15.0 Å². The molecule has 0 bridgehead atoms. The Morgan fingerprint density at radius 1 is 1.00 bits per heavy atom. The number of aliphatic carboxylic acids is 1. The summed E-state index contributed by atoms with van der Waals surface area (Å²) in [6.07, 6.45) is 12.8. The molecule has 0 spiro atoms. The number of phenolic OH excluding ortho intramolecular Hbond substituents is 1. The van der Waals surface area contributed by atoms with Crippen molar-refractivity contribution in [2.24, 2.45) is 5.92 Å². The average Bonchev–Trinajstić information content (AvgIpc) is 3.65. The number of unbranched alkanes of at least 4 members (excludes halogenated alkanes) is 8. The van der Waals surface area contributed by atoms with Crippen LogP contribution in [0.3, 0.4) is 0 Å². The van der Waals surface area contributed by atoms with Gasteiger partial charge in [0, 0.05) is 24.7 Å². The van der Waals surface area contributed by atoms with Crippen molar-refractivity contribution < 1.29 is 24.3 Å². The van der Waals surface area contributed by atoms with Gasteiger partial charge in [-0.05, 0) is 61.5 Å². The Kier molecular flexibility index (Phi) is 12.0. The molecule has 254 valence electrons. The van der Waals surface area contributed by atoms with Gasteiger partial charge in [-0.15, -0.1) is 10.2 Å². The Hall–Kier alpha value is -4.19. The molecule has 5 rings (SSSR count). The SMILES string of the molecule is CC(C)C(C(=O)O)c1cc(OCCCCCCCCCCCN2CCC(n3nc(N)c4nnc(-c5ccccc5O)cc43)CC2)no1. The van der Waals surface area contributed by atoms with Crippen LogP contribution in [-0.2, 0) is 4.79 Å². The van der Waals surface area contributed by atoms with Crippen LogP contribution in [0.5, 0.6) is 11.6 Å². The van der Waals surface area contributed by atoms with Gasteiger partial charge in [0.15, 0.2) is 17.1 Å². The fraction of sp³-hybridized carbons (Fsp3) is 0.571. The first-order valence-electron chi connectivity index (χ1n) is 17.2. The second kappa shape index (κ2) is 16.6. The quantitative estimate of drug-likeness (QED) is 0.0970. The van der Waals surface area contributed by atoms with Crippen LogP contribution >= 0.6 is 0 Å². The second-order valence-corrected chi connectivity index (χ2v) is 13.0. The van der Waals surface area contributed by atoms with Crippen LogP contribution in [0, 0.1) is 5.92 Å². The van der Waals surface area contributed by atoms with Crippen LogP contribution in [0.25, 0.3) is 22.3 Å². The predicted molar refractivity (Wildman–Crippen MR) is 180 cm³/mol. The highest BCUT2D eigenvalue weighted by molar-refractivity contribution is 5.87. The molecule has 1 atom stereocenters. The van der Waals surface area contributed by atoms with Gasteiger partial charge in [-0.1, -0.05) is 70.9 Å². The lowest BCUT2D eigenvalue weighted by Gasteiger charge is -2.32. The number of aromatic nitrogens is 5. The highest BCUT2D eigenvalue weighted by atomic mass is 16.5. The van der Waals surface area contributed by atoms with Crippen LogP contribution < -0.4 is 10.5 Å². The molecule has 1 saturated heterocycles. The summed E-state index contributed by atoms with van der Waals surface area (Å²) in [6.45, 7) is 7.48. The highest BCUT2D eigenvalue weighted by Gasteiger charge is 2.28. The summed E-state index contributed by atoms with van der Waals surface area (Å²) in [5.74, 6) is -0.433. The number of nitrogen functional groups attached to an aromatic ring is 1. The minimum atomic E-state index is -0.912. The lowest BCUT2D eigenvalue weighted by molar-refractivity contribution is -0.140. The minimum Gasteiger partial charge on any atom is -0.507 e. The Balaban J connectivity index is 0.916. The van der Waals surface area contributed by atoms with Crippen molar-refractivity contribution in [2.75, 3.05) is 32.0 Å². The molecule has 0 saturated carbocycles. The number of para-hydroxylation sites is 1. The van der Waals surface area contributed by atoms with E-state index in [-0.39, 0.29) is 17.7 Å². The number of likely N-dealkylation sites (tertiary alicyclic amines) is 1. The lowest BCUT2D eigenvalue weighted by atomic mass is 9.94. The zero-order chi connectivity index (χ0) is 33.2. The van der Waals surface area contributed by atoms with Gasteiger partial charge in [0.25, 0.3) is 5.88 Å². The summed E-state index contributed by atoms with van der Waals surface area (Å²) >= 11 is 0. The maximum absolute atomic E-state index is 11.5. The first kappa shape index (κ1) is 34.2. The lowest BCUT2D eigenvalue weighted by Crippen LogP contribution is -2.35. The number of anilines is 1. The zero-order valence-corrected chi connectivity index (χ0v) is 27.7. The van der Waals surface area contributed by atoms with E-state index in [2.05, 4.69) is 25.4 Å². The van der Waals surface area contributed by atoms with Gasteiger partial charge in [-0.3, -0.25) is 9.48 Å². The van der Waals surface area contributed by atoms with Gasteiger partial charge in [-0.2, -0.15) is 5.10 Å². The van der Waals surface area contributed by atoms with Crippen molar-refractivity contribution >= 4 is 22.8 Å². The predicted octanol–water partition coefficient (Wildman–Crippen LogP) is 6.82. The molecule has 0 aliphatic carbocycles. The maximum Gasteiger partial charge on any atom is 0.314 e. The Morgan fingerprint density at radius 2 is 1.68 bits per heavy atom. The summed E-state index contributed by atoms with van der Waals surface area (Å²) in [4.78, 5) is 14.0. The monoisotopic (exact) mass is 647 g/mol. The molecule has 4 N–H and O–H groups in total. The standard InChI is InChI=1S/C35H49N7O5/c1-24(2)32(35(44)45)30-23-31(40-47-30)46-21-13-9-7-5-3-4-6-8-12-18-41-19-16-25(17-20-41)42-28-22-27(26-14-10-11-15-29(26)43)37-38-33(28)34(36)39-42/h10-11,14-15,22-25,32,43H,3-9,12-13,16-21H2,1-2H3,(H2,36,39)(H,44,45). The van der Waals surface area contributed by atoms with E-state index in [1.807, 2.05) is 36.7 Å². The molecule has 4 heterocycles. The largest absolute Gasteiger partial charge is 0.507 e. The number of carboxylic acid groups (broad SMARTS) is 1. The smallest absolute Gasteiger partial charge is 0.314 e. The summed E-state index contributed by atoms with van der Waals surface area (Å²) in [6, 6.07) is 10.9. The number of hydrogen-bond donors (Lipinski definition) is 3. The zero-order valence-electron chi connectivity index (χ0n) is 27.7. The first-order valence-corrected chi connectivity index (χ1v) is 17.2. The molecular formula is C35H49N7O5. The fourth-order valence-electron chi connectivity index (χ4n) is 6.52. The summed E-state index contributed by atoms with van der Waals surface area (Å²) < 4.78 is 12.9. The van der Waals surface area contributed by atoms with Crippen molar-refractivity contribution in [2.45, 2.75) is 96.4 Å². The average molecular weight is 648 g/mol. The van der Waals surface area contributed by atoms with Gasteiger partial charge >= 0.3 is 5.97 Å². The number of hydrogen-bond acceptors (Lipinski definition) is 10.